The van der Waals surface area contributed by atoms with Gasteiger partial charge in [-0.15, -0.1) is 0 Å². The first kappa shape index (κ1) is 13.4. The fraction of sp³-hybridized carbons (Fsp3) is 0.600. The summed E-state index contributed by atoms with van der Waals surface area (Å²) < 4.78 is 5.51. The van der Waals surface area contributed by atoms with E-state index in [4.69, 9.17) is 10.5 Å². The normalized spacial score (nSPS) is 23.9. The molecule has 2 N–H and O–H groups in total. The van der Waals surface area contributed by atoms with Crippen LogP contribution in [0, 0.1) is 0 Å². The molecular weight excluding hydrogens is 224 g/mol. The molecule has 1 aliphatic carbocycles. The van der Waals surface area contributed by atoms with Gasteiger partial charge in [-0.1, -0.05) is 18.2 Å². The van der Waals surface area contributed by atoms with E-state index in [9.17, 15) is 0 Å². The predicted octanol–water partition coefficient (Wildman–Crippen LogP) is 2.54. The van der Waals surface area contributed by atoms with E-state index in [0.29, 0.717) is 18.7 Å². The molecule has 1 aliphatic rings. The maximum Gasteiger partial charge on any atom is 0.0591 e. The van der Waals surface area contributed by atoms with Crippen LogP contribution in [0.3, 0.4) is 0 Å². The third kappa shape index (κ3) is 2.85. The SMILES string of the molecule is COC1CCCC(N(C)c2ccccc2CN)C1. The molecule has 0 spiro atoms. The fourth-order valence-corrected chi connectivity index (χ4v) is 2.91. The minimum absolute atomic E-state index is 0.413. The maximum atomic E-state index is 5.82. The van der Waals surface area contributed by atoms with Crippen LogP contribution in [0.15, 0.2) is 24.3 Å². The van der Waals surface area contributed by atoms with Crippen molar-refractivity contribution in [2.24, 2.45) is 5.73 Å². The van der Waals surface area contributed by atoms with Gasteiger partial charge in [0.1, 0.15) is 0 Å². The van der Waals surface area contributed by atoms with Crippen molar-refractivity contribution in [2.45, 2.75) is 44.4 Å². The Kier molecular flexibility index (Phi) is 4.61. The lowest BCUT2D eigenvalue weighted by atomic mass is 9.91. The summed E-state index contributed by atoms with van der Waals surface area (Å²) in [6.07, 6.45) is 5.22. The molecule has 18 heavy (non-hydrogen) atoms. The molecule has 0 aromatic heterocycles. The molecule has 2 unspecified atom stereocenters. The molecule has 0 saturated heterocycles. The first-order valence-corrected chi connectivity index (χ1v) is 6.80. The predicted molar refractivity (Wildman–Crippen MR) is 75.8 cm³/mol. The smallest absolute Gasteiger partial charge is 0.0591 e. The van der Waals surface area contributed by atoms with E-state index in [1.165, 1.54) is 30.5 Å². The van der Waals surface area contributed by atoms with E-state index in [2.05, 4.69) is 36.2 Å². The molecule has 1 aromatic rings. The van der Waals surface area contributed by atoms with Crippen molar-refractivity contribution in [3.8, 4) is 0 Å². The summed E-state index contributed by atoms with van der Waals surface area (Å²) in [5.41, 5.74) is 8.31. The number of anilines is 1. The average Bonchev–Trinajstić information content (AvgIpc) is 2.46. The Hall–Kier alpha value is -1.06. The topological polar surface area (TPSA) is 38.5 Å². The van der Waals surface area contributed by atoms with E-state index in [-0.39, 0.29) is 0 Å². The molecule has 1 aromatic carbocycles. The van der Waals surface area contributed by atoms with E-state index < -0.39 is 0 Å². The Morgan fingerprint density at radius 2 is 2.11 bits per heavy atom. The van der Waals surface area contributed by atoms with Crippen LogP contribution in [0.25, 0.3) is 0 Å². The summed E-state index contributed by atoms with van der Waals surface area (Å²) >= 11 is 0. The van der Waals surface area contributed by atoms with E-state index in [1.54, 1.807) is 0 Å². The van der Waals surface area contributed by atoms with Crippen molar-refractivity contribution in [3.63, 3.8) is 0 Å². The van der Waals surface area contributed by atoms with Crippen molar-refractivity contribution in [3.05, 3.63) is 29.8 Å². The standard InChI is InChI=1S/C15H24N2O/c1-17(13-7-5-8-14(10-13)18-2)15-9-4-3-6-12(15)11-16/h3-4,6,9,13-14H,5,7-8,10-11,16H2,1-2H3. The lowest BCUT2D eigenvalue weighted by Crippen LogP contribution is -2.38. The lowest BCUT2D eigenvalue weighted by Gasteiger charge is -2.37. The monoisotopic (exact) mass is 248 g/mol. The molecule has 0 bridgehead atoms. The molecule has 2 atom stereocenters. The van der Waals surface area contributed by atoms with Crippen LogP contribution in [-0.4, -0.2) is 26.3 Å². The minimum Gasteiger partial charge on any atom is -0.381 e. The van der Waals surface area contributed by atoms with E-state index in [1.807, 2.05) is 7.11 Å². The van der Waals surface area contributed by atoms with Crippen LogP contribution >= 0.6 is 0 Å². The number of hydrogen-bond acceptors (Lipinski definition) is 3. The minimum atomic E-state index is 0.413. The zero-order chi connectivity index (χ0) is 13.0. The summed E-state index contributed by atoms with van der Waals surface area (Å²) in [5.74, 6) is 0. The average molecular weight is 248 g/mol. The second-order valence-corrected chi connectivity index (χ2v) is 5.12. The zero-order valence-electron chi connectivity index (χ0n) is 11.4. The largest absolute Gasteiger partial charge is 0.381 e. The number of nitrogens with two attached hydrogens (primary N) is 1. The molecule has 1 fully saturated rings. The quantitative estimate of drug-likeness (QED) is 0.890. The number of nitrogens with zero attached hydrogens (tertiary/aromatic N) is 1. The zero-order valence-corrected chi connectivity index (χ0v) is 11.4. The molecule has 1 saturated carbocycles. The Labute approximate surface area is 110 Å². The highest BCUT2D eigenvalue weighted by Gasteiger charge is 2.25. The van der Waals surface area contributed by atoms with Gasteiger partial charge >= 0.3 is 0 Å². The molecule has 100 valence electrons. The molecule has 0 heterocycles. The molecule has 3 heteroatoms. The highest BCUT2D eigenvalue weighted by molar-refractivity contribution is 5.53. The van der Waals surface area contributed by atoms with Gasteiger partial charge in [0.25, 0.3) is 0 Å². The highest BCUT2D eigenvalue weighted by Crippen LogP contribution is 2.29. The van der Waals surface area contributed by atoms with Crippen molar-refractivity contribution >= 4 is 5.69 Å². The Morgan fingerprint density at radius 1 is 1.33 bits per heavy atom. The molecule has 0 aliphatic heterocycles. The Morgan fingerprint density at radius 3 is 2.83 bits per heavy atom. The molecule has 3 nitrogen and oxygen atoms in total. The Bertz CT molecular complexity index is 381. The summed E-state index contributed by atoms with van der Waals surface area (Å²) in [6, 6.07) is 8.98. The van der Waals surface area contributed by atoms with Gasteiger partial charge < -0.3 is 15.4 Å². The van der Waals surface area contributed by atoms with Crippen molar-refractivity contribution < 1.29 is 4.74 Å². The van der Waals surface area contributed by atoms with Crippen LogP contribution < -0.4 is 10.6 Å². The number of ether oxygens (including phenoxy) is 1. The van der Waals surface area contributed by atoms with Gasteiger partial charge in [0.15, 0.2) is 0 Å². The number of hydrogen-bond donors (Lipinski definition) is 1. The molecule has 0 radical (unpaired) electrons. The van der Waals surface area contributed by atoms with Gasteiger partial charge in [-0.05, 0) is 37.3 Å². The molecule has 0 amide bonds. The van der Waals surface area contributed by atoms with Gasteiger partial charge in [-0.3, -0.25) is 0 Å². The number of para-hydroxylation sites is 1. The van der Waals surface area contributed by atoms with Crippen molar-refractivity contribution in [2.75, 3.05) is 19.1 Å². The van der Waals surface area contributed by atoms with Gasteiger partial charge in [0.2, 0.25) is 0 Å². The number of methoxy groups -OCH3 is 1. The summed E-state index contributed by atoms with van der Waals surface area (Å²) in [6.45, 7) is 0.598. The summed E-state index contributed by atoms with van der Waals surface area (Å²) in [5, 5.41) is 0. The van der Waals surface area contributed by atoms with Crippen molar-refractivity contribution in [1.29, 1.82) is 0 Å². The van der Waals surface area contributed by atoms with Crippen LogP contribution in [0.2, 0.25) is 0 Å². The second-order valence-electron chi connectivity index (χ2n) is 5.12. The van der Waals surface area contributed by atoms with Gasteiger partial charge in [-0.2, -0.15) is 0 Å². The summed E-state index contributed by atoms with van der Waals surface area (Å²) in [7, 11) is 4.00. The second kappa shape index (κ2) is 6.21. The van der Waals surface area contributed by atoms with Crippen molar-refractivity contribution in [1.82, 2.24) is 0 Å². The number of rotatable bonds is 4. The van der Waals surface area contributed by atoms with Gasteiger partial charge in [0.05, 0.1) is 6.10 Å². The highest BCUT2D eigenvalue weighted by atomic mass is 16.5. The van der Waals surface area contributed by atoms with Crippen LogP contribution in [0.5, 0.6) is 0 Å². The van der Waals surface area contributed by atoms with Gasteiger partial charge in [0, 0.05) is 32.4 Å². The third-order valence-electron chi connectivity index (χ3n) is 4.07. The molecule has 2 rings (SSSR count). The van der Waals surface area contributed by atoms with E-state index in [0.717, 1.165) is 6.42 Å². The van der Waals surface area contributed by atoms with Crippen LogP contribution in [0.4, 0.5) is 5.69 Å². The van der Waals surface area contributed by atoms with E-state index >= 15 is 0 Å². The first-order chi connectivity index (χ1) is 8.76. The lowest BCUT2D eigenvalue weighted by molar-refractivity contribution is 0.0637. The first-order valence-electron chi connectivity index (χ1n) is 6.80. The Balaban J connectivity index is 2.12. The fourth-order valence-electron chi connectivity index (χ4n) is 2.91. The maximum absolute atomic E-state index is 5.82. The van der Waals surface area contributed by atoms with Crippen LogP contribution in [0.1, 0.15) is 31.2 Å². The molecular formula is C15H24N2O. The third-order valence-corrected chi connectivity index (χ3v) is 4.07. The van der Waals surface area contributed by atoms with Crippen LogP contribution in [-0.2, 0) is 11.3 Å². The summed E-state index contributed by atoms with van der Waals surface area (Å²) in [4.78, 5) is 2.38. The van der Waals surface area contributed by atoms with Gasteiger partial charge in [-0.25, -0.2) is 0 Å². The number of benzene rings is 1.